The Morgan fingerprint density at radius 2 is 2.03 bits per heavy atom. The van der Waals surface area contributed by atoms with Gasteiger partial charge in [0.15, 0.2) is 5.65 Å². The van der Waals surface area contributed by atoms with Crippen molar-refractivity contribution in [3.8, 4) is 17.0 Å². The highest BCUT2D eigenvalue weighted by Crippen LogP contribution is 2.30. The van der Waals surface area contributed by atoms with Crippen LogP contribution in [0.25, 0.3) is 22.3 Å². The molecule has 7 heteroatoms. The molecular formula is C22H25N5O2. The molecule has 7 nitrogen and oxygen atoms in total. The Balaban J connectivity index is 1.54. The van der Waals surface area contributed by atoms with E-state index in [2.05, 4.69) is 25.4 Å². The van der Waals surface area contributed by atoms with Gasteiger partial charge in [0, 0.05) is 23.8 Å². The Labute approximate surface area is 169 Å². The van der Waals surface area contributed by atoms with Crippen molar-refractivity contribution in [2.24, 2.45) is 5.92 Å². The Kier molecular flexibility index (Phi) is 4.47. The maximum Gasteiger partial charge on any atom is 0.252 e. The van der Waals surface area contributed by atoms with Crippen molar-refractivity contribution in [1.29, 1.82) is 0 Å². The first-order chi connectivity index (χ1) is 14.1. The van der Waals surface area contributed by atoms with E-state index in [4.69, 9.17) is 0 Å². The standard InChI is InChI=1S/C22H25N5O2/c1-2-17-20-16(22(29)24-19-12-27-9-7-14(19)8-10-27)11-18(23-21(20)26-25-17)13-3-5-15(28)6-4-13/h3-6,11,14,19,28H,2,7-10,12H2,1H3,(H,24,29)(H,23,25,26). The maximum atomic E-state index is 13.4. The summed E-state index contributed by atoms with van der Waals surface area (Å²) in [6, 6.07) is 8.88. The lowest BCUT2D eigenvalue weighted by Crippen LogP contribution is -2.57. The zero-order chi connectivity index (χ0) is 20.0. The molecule has 0 aliphatic carbocycles. The summed E-state index contributed by atoms with van der Waals surface area (Å²) in [5.74, 6) is 0.698. The number of hydrogen-bond donors (Lipinski definition) is 3. The van der Waals surface area contributed by atoms with E-state index in [0.717, 1.165) is 55.5 Å². The van der Waals surface area contributed by atoms with Crippen LogP contribution in [-0.4, -0.2) is 56.8 Å². The highest BCUT2D eigenvalue weighted by Gasteiger charge is 2.35. The number of nitrogens with one attached hydrogen (secondary N) is 2. The molecule has 3 aliphatic heterocycles. The molecule has 6 rings (SSSR count). The SMILES string of the molecule is CCc1[nH]nc2nc(-c3ccc(O)cc3)cc(C(=O)NC3CN4CCC3CC4)c12. The number of carbonyl (C=O) groups is 1. The van der Waals surface area contributed by atoms with Crippen molar-refractivity contribution in [2.45, 2.75) is 32.2 Å². The fourth-order valence-corrected chi connectivity index (χ4v) is 4.68. The first-order valence-corrected chi connectivity index (χ1v) is 10.3. The van der Waals surface area contributed by atoms with Gasteiger partial charge in [0.25, 0.3) is 5.91 Å². The van der Waals surface area contributed by atoms with E-state index in [1.165, 1.54) is 0 Å². The lowest BCUT2D eigenvalue weighted by atomic mass is 9.84. The Hall–Kier alpha value is -2.93. The summed E-state index contributed by atoms with van der Waals surface area (Å²) in [4.78, 5) is 20.5. The monoisotopic (exact) mass is 391 g/mol. The molecule has 1 amide bonds. The lowest BCUT2D eigenvalue weighted by Gasteiger charge is -2.44. The molecule has 3 N–H and O–H groups in total. The molecule has 3 saturated heterocycles. The van der Waals surface area contributed by atoms with E-state index < -0.39 is 0 Å². The number of amides is 1. The number of carbonyl (C=O) groups excluding carboxylic acids is 1. The number of piperidine rings is 3. The number of aryl methyl sites for hydroxylation is 1. The van der Waals surface area contributed by atoms with Crippen LogP contribution < -0.4 is 5.32 Å². The second-order valence-electron chi connectivity index (χ2n) is 8.07. The number of rotatable bonds is 4. The summed E-state index contributed by atoms with van der Waals surface area (Å²) in [6.07, 6.45) is 3.06. The topological polar surface area (TPSA) is 94.1 Å². The molecule has 1 aromatic carbocycles. The number of hydrogen-bond acceptors (Lipinski definition) is 5. The molecule has 0 saturated carbocycles. The van der Waals surface area contributed by atoms with Crippen LogP contribution in [0.15, 0.2) is 30.3 Å². The summed E-state index contributed by atoms with van der Waals surface area (Å²) in [5.41, 5.74) is 3.59. The second kappa shape index (κ2) is 7.15. The number of phenolic OH excluding ortho intramolecular Hbond substituents is 1. The van der Waals surface area contributed by atoms with E-state index in [-0.39, 0.29) is 17.7 Å². The number of aromatic hydroxyl groups is 1. The Morgan fingerprint density at radius 3 is 2.69 bits per heavy atom. The molecule has 29 heavy (non-hydrogen) atoms. The number of fused-ring (bicyclic) bond motifs is 4. The summed E-state index contributed by atoms with van der Waals surface area (Å²) < 4.78 is 0. The van der Waals surface area contributed by atoms with Gasteiger partial charge < -0.3 is 15.3 Å². The Bertz CT molecular complexity index is 1050. The van der Waals surface area contributed by atoms with Crippen LogP contribution >= 0.6 is 0 Å². The van der Waals surface area contributed by atoms with Crippen molar-refractivity contribution >= 4 is 16.9 Å². The van der Waals surface area contributed by atoms with Gasteiger partial charge in [0.2, 0.25) is 0 Å². The molecule has 0 spiro atoms. The highest BCUT2D eigenvalue weighted by molar-refractivity contribution is 6.07. The van der Waals surface area contributed by atoms with E-state index in [1.807, 2.05) is 13.0 Å². The molecule has 150 valence electrons. The fraction of sp³-hybridized carbons (Fsp3) is 0.409. The Morgan fingerprint density at radius 1 is 1.28 bits per heavy atom. The average Bonchev–Trinajstić information content (AvgIpc) is 3.17. The first-order valence-electron chi connectivity index (χ1n) is 10.3. The van der Waals surface area contributed by atoms with Crippen LogP contribution in [0.5, 0.6) is 5.75 Å². The number of pyridine rings is 1. The molecule has 2 aromatic heterocycles. The number of phenols is 1. The zero-order valence-corrected chi connectivity index (χ0v) is 16.5. The van der Waals surface area contributed by atoms with Gasteiger partial charge >= 0.3 is 0 Å². The summed E-state index contributed by atoms with van der Waals surface area (Å²) >= 11 is 0. The number of aromatic amines is 1. The van der Waals surface area contributed by atoms with Gasteiger partial charge in [-0.05, 0) is 68.6 Å². The van der Waals surface area contributed by atoms with Crippen molar-refractivity contribution in [3.63, 3.8) is 0 Å². The number of nitrogens with zero attached hydrogens (tertiary/aromatic N) is 3. The van der Waals surface area contributed by atoms with Gasteiger partial charge in [0.05, 0.1) is 16.6 Å². The average molecular weight is 391 g/mol. The minimum Gasteiger partial charge on any atom is -0.508 e. The number of H-pyrrole nitrogens is 1. The molecule has 3 aliphatic rings. The molecule has 0 radical (unpaired) electrons. The van der Waals surface area contributed by atoms with Crippen LogP contribution in [-0.2, 0) is 6.42 Å². The predicted molar refractivity (Wildman–Crippen MR) is 111 cm³/mol. The van der Waals surface area contributed by atoms with Crippen molar-refractivity contribution < 1.29 is 9.90 Å². The van der Waals surface area contributed by atoms with Crippen molar-refractivity contribution in [3.05, 3.63) is 41.6 Å². The summed E-state index contributed by atoms with van der Waals surface area (Å²) in [7, 11) is 0. The van der Waals surface area contributed by atoms with Crippen LogP contribution in [0, 0.1) is 5.92 Å². The van der Waals surface area contributed by atoms with Crippen molar-refractivity contribution in [1.82, 2.24) is 25.4 Å². The molecule has 1 atom stereocenters. The molecule has 5 heterocycles. The van der Waals surface area contributed by atoms with E-state index in [0.29, 0.717) is 22.8 Å². The normalized spacial score (nSPS) is 23.4. The molecule has 2 bridgehead atoms. The predicted octanol–water partition coefficient (Wildman–Crippen LogP) is 2.72. The molecule has 1 unspecified atom stereocenters. The summed E-state index contributed by atoms with van der Waals surface area (Å²) in [5, 5.41) is 21.1. The third-order valence-corrected chi connectivity index (χ3v) is 6.33. The van der Waals surface area contributed by atoms with E-state index in [9.17, 15) is 9.90 Å². The molecular weight excluding hydrogens is 366 g/mol. The minimum absolute atomic E-state index is 0.0627. The maximum absolute atomic E-state index is 13.4. The van der Waals surface area contributed by atoms with Gasteiger partial charge in [-0.1, -0.05) is 6.92 Å². The lowest BCUT2D eigenvalue weighted by molar-refractivity contribution is 0.0621. The summed E-state index contributed by atoms with van der Waals surface area (Å²) in [6.45, 7) is 5.25. The van der Waals surface area contributed by atoms with Gasteiger partial charge in [-0.15, -0.1) is 0 Å². The highest BCUT2D eigenvalue weighted by atomic mass is 16.3. The minimum atomic E-state index is -0.0627. The van der Waals surface area contributed by atoms with E-state index >= 15 is 0 Å². The first kappa shape index (κ1) is 18.1. The molecule has 3 aromatic rings. The number of aromatic nitrogens is 3. The third-order valence-electron chi connectivity index (χ3n) is 6.33. The van der Waals surface area contributed by atoms with E-state index in [1.54, 1.807) is 24.3 Å². The third kappa shape index (κ3) is 3.25. The van der Waals surface area contributed by atoms with Gasteiger partial charge in [0.1, 0.15) is 5.75 Å². The van der Waals surface area contributed by atoms with Crippen LogP contribution in [0.4, 0.5) is 0 Å². The van der Waals surface area contributed by atoms with Crippen LogP contribution in [0.1, 0.15) is 35.8 Å². The molecule has 3 fully saturated rings. The smallest absolute Gasteiger partial charge is 0.252 e. The zero-order valence-electron chi connectivity index (χ0n) is 16.5. The largest absolute Gasteiger partial charge is 0.508 e. The fourth-order valence-electron chi connectivity index (χ4n) is 4.68. The van der Waals surface area contributed by atoms with Crippen molar-refractivity contribution in [2.75, 3.05) is 19.6 Å². The van der Waals surface area contributed by atoms with Gasteiger partial charge in [-0.25, -0.2) is 4.98 Å². The van der Waals surface area contributed by atoms with Gasteiger partial charge in [-0.2, -0.15) is 5.10 Å². The number of benzene rings is 1. The van der Waals surface area contributed by atoms with Crippen LogP contribution in [0.3, 0.4) is 0 Å². The quantitative estimate of drug-likeness (QED) is 0.636. The second-order valence-corrected chi connectivity index (χ2v) is 8.07. The van der Waals surface area contributed by atoms with Crippen LogP contribution in [0.2, 0.25) is 0 Å². The van der Waals surface area contributed by atoms with Gasteiger partial charge in [-0.3, -0.25) is 9.89 Å².